The van der Waals surface area contributed by atoms with Gasteiger partial charge in [0, 0.05) is 24.3 Å². The number of benzene rings is 1. The maximum atomic E-state index is 14.2. The number of carbonyl (C=O) groups excluding carboxylic acids is 1. The SMILES string of the molecule is CCCC(NC1CCc2cc(F)cc(F)c2C1)C(=O)Nc1cn(C(CC)CC)cn1. The highest BCUT2D eigenvalue weighted by atomic mass is 19.1. The zero-order chi connectivity index (χ0) is 21.7. The molecule has 1 heterocycles. The van der Waals surface area contributed by atoms with Crippen molar-refractivity contribution in [3.8, 4) is 0 Å². The molecule has 164 valence electrons. The van der Waals surface area contributed by atoms with Gasteiger partial charge in [-0.05, 0) is 55.7 Å². The number of imidazole rings is 1. The van der Waals surface area contributed by atoms with Crippen molar-refractivity contribution >= 4 is 11.7 Å². The number of amides is 1. The van der Waals surface area contributed by atoms with E-state index in [4.69, 9.17) is 0 Å². The molecule has 0 aliphatic heterocycles. The molecule has 3 rings (SSSR count). The van der Waals surface area contributed by atoms with Crippen LogP contribution in [0.4, 0.5) is 14.6 Å². The average Bonchev–Trinajstić information content (AvgIpc) is 3.17. The van der Waals surface area contributed by atoms with Gasteiger partial charge in [-0.25, -0.2) is 13.8 Å². The second kappa shape index (κ2) is 10.2. The molecule has 7 heteroatoms. The maximum absolute atomic E-state index is 14.2. The molecule has 0 fully saturated rings. The Kier molecular flexibility index (Phi) is 7.58. The van der Waals surface area contributed by atoms with Crippen molar-refractivity contribution in [1.82, 2.24) is 14.9 Å². The van der Waals surface area contributed by atoms with Crippen molar-refractivity contribution in [3.05, 3.63) is 47.4 Å². The van der Waals surface area contributed by atoms with Crippen LogP contribution >= 0.6 is 0 Å². The molecule has 2 aromatic rings. The smallest absolute Gasteiger partial charge is 0.242 e. The van der Waals surface area contributed by atoms with Crippen LogP contribution in [0.2, 0.25) is 0 Å². The minimum atomic E-state index is -0.534. The normalized spacial score (nSPS) is 17.1. The van der Waals surface area contributed by atoms with Crippen molar-refractivity contribution < 1.29 is 13.6 Å². The quantitative estimate of drug-likeness (QED) is 0.616. The van der Waals surface area contributed by atoms with Gasteiger partial charge in [-0.3, -0.25) is 4.79 Å². The van der Waals surface area contributed by atoms with Gasteiger partial charge >= 0.3 is 0 Å². The van der Waals surface area contributed by atoms with Gasteiger partial charge in [0.2, 0.25) is 5.91 Å². The summed E-state index contributed by atoms with van der Waals surface area (Å²) in [5.74, 6) is -0.615. The van der Waals surface area contributed by atoms with E-state index >= 15 is 0 Å². The van der Waals surface area contributed by atoms with E-state index in [1.807, 2.05) is 17.7 Å². The fourth-order valence-electron chi connectivity index (χ4n) is 4.32. The van der Waals surface area contributed by atoms with Gasteiger partial charge in [-0.2, -0.15) is 0 Å². The number of nitrogens with zero attached hydrogens (tertiary/aromatic N) is 2. The van der Waals surface area contributed by atoms with Crippen LogP contribution < -0.4 is 10.6 Å². The van der Waals surface area contributed by atoms with Crippen LogP contribution in [0.15, 0.2) is 24.7 Å². The Morgan fingerprint density at radius 1 is 1.27 bits per heavy atom. The number of aryl methyl sites for hydroxylation is 1. The summed E-state index contributed by atoms with van der Waals surface area (Å²) in [7, 11) is 0. The Balaban J connectivity index is 1.65. The minimum Gasteiger partial charge on any atom is -0.332 e. The molecular weight excluding hydrogens is 386 g/mol. The first-order valence-corrected chi connectivity index (χ1v) is 11.0. The summed E-state index contributed by atoms with van der Waals surface area (Å²) in [5.41, 5.74) is 1.29. The van der Waals surface area contributed by atoms with Crippen LogP contribution in [-0.2, 0) is 17.6 Å². The van der Waals surface area contributed by atoms with Crippen LogP contribution in [0, 0.1) is 11.6 Å². The summed E-state index contributed by atoms with van der Waals surface area (Å²) in [6, 6.07) is 2.31. The molecule has 2 atom stereocenters. The Bertz CT molecular complexity index is 863. The van der Waals surface area contributed by atoms with E-state index < -0.39 is 11.6 Å². The third kappa shape index (κ3) is 5.25. The van der Waals surface area contributed by atoms with E-state index in [0.29, 0.717) is 36.7 Å². The Morgan fingerprint density at radius 2 is 2.03 bits per heavy atom. The molecule has 1 aliphatic rings. The standard InChI is InChI=1S/C23H32F2N4O/c1-4-7-21(23(30)28-22-13-29(14-26-22)18(5-2)6-3)27-17-9-8-15-10-16(24)11-20(25)19(15)12-17/h10-11,13-14,17-18,21,27H,4-9,12H2,1-3H3,(H,28,30). The lowest BCUT2D eigenvalue weighted by Crippen LogP contribution is -2.48. The van der Waals surface area contributed by atoms with Crippen molar-refractivity contribution in [3.63, 3.8) is 0 Å². The zero-order valence-electron chi connectivity index (χ0n) is 18.0. The summed E-state index contributed by atoms with van der Waals surface area (Å²) >= 11 is 0. The number of hydrogen-bond donors (Lipinski definition) is 2. The molecule has 1 aromatic heterocycles. The summed E-state index contributed by atoms with van der Waals surface area (Å²) < 4.78 is 29.7. The summed E-state index contributed by atoms with van der Waals surface area (Å²) in [6.45, 7) is 6.29. The first kappa shape index (κ1) is 22.4. The number of anilines is 1. The first-order valence-electron chi connectivity index (χ1n) is 11.0. The molecular formula is C23H32F2N4O. The Hall–Kier alpha value is -2.28. The molecule has 1 aromatic carbocycles. The number of halogens is 2. The molecule has 0 saturated heterocycles. The van der Waals surface area contributed by atoms with Gasteiger partial charge in [0.1, 0.15) is 11.6 Å². The lowest BCUT2D eigenvalue weighted by atomic mass is 9.87. The number of rotatable bonds is 9. The molecule has 0 radical (unpaired) electrons. The van der Waals surface area contributed by atoms with E-state index in [1.165, 1.54) is 6.07 Å². The minimum absolute atomic E-state index is 0.0260. The Morgan fingerprint density at radius 3 is 2.73 bits per heavy atom. The van der Waals surface area contributed by atoms with Crippen molar-refractivity contribution in [2.45, 2.75) is 83.8 Å². The highest BCUT2D eigenvalue weighted by Gasteiger charge is 2.27. The fourth-order valence-corrected chi connectivity index (χ4v) is 4.32. The number of carbonyl (C=O) groups is 1. The second-order valence-corrected chi connectivity index (χ2v) is 8.14. The van der Waals surface area contributed by atoms with Gasteiger partial charge in [0.05, 0.1) is 12.4 Å². The number of hydrogen-bond acceptors (Lipinski definition) is 3. The Labute approximate surface area is 177 Å². The first-order chi connectivity index (χ1) is 14.4. The second-order valence-electron chi connectivity index (χ2n) is 8.14. The van der Waals surface area contributed by atoms with Gasteiger partial charge in [0.15, 0.2) is 5.82 Å². The molecule has 30 heavy (non-hydrogen) atoms. The molecule has 2 unspecified atom stereocenters. The largest absolute Gasteiger partial charge is 0.332 e. The van der Waals surface area contributed by atoms with E-state index in [1.54, 1.807) is 6.33 Å². The van der Waals surface area contributed by atoms with Crippen LogP contribution in [0.25, 0.3) is 0 Å². The molecule has 1 aliphatic carbocycles. The number of fused-ring (bicyclic) bond motifs is 1. The topological polar surface area (TPSA) is 59.0 Å². The molecule has 2 N–H and O–H groups in total. The van der Waals surface area contributed by atoms with Crippen LogP contribution in [0.5, 0.6) is 0 Å². The van der Waals surface area contributed by atoms with Crippen molar-refractivity contribution in [2.75, 3.05) is 5.32 Å². The maximum Gasteiger partial charge on any atom is 0.242 e. The van der Waals surface area contributed by atoms with Crippen LogP contribution in [0.1, 0.15) is 70.0 Å². The van der Waals surface area contributed by atoms with E-state index in [0.717, 1.165) is 37.3 Å². The van der Waals surface area contributed by atoms with Gasteiger partial charge in [-0.15, -0.1) is 0 Å². The number of aromatic nitrogens is 2. The van der Waals surface area contributed by atoms with E-state index in [-0.39, 0.29) is 18.0 Å². The third-order valence-corrected chi connectivity index (χ3v) is 6.01. The van der Waals surface area contributed by atoms with Crippen molar-refractivity contribution in [2.24, 2.45) is 0 Å². The lowest BCUT2D eigenvalue weighted by molar-refractivity contribution is -0.118. The van der Waals surface area contributed by atoms with E-state index in [9.17, 15) is 13.6 Å². The summed E-state index contributed by atoms with van der Waals surface area (Å²) in [4.78, 5) is 17.2. The summed E-state index contributed by atoms with van der Waals surface area (Å²) in [6.07, 6.45) is 8.96. The highest BCUT2D eigenvalue weighted by Crippen LogP contribution is 2.26. The molecule has 0 bridgehead atoms. The monoisotopic (exact) mass is 418 g/mol. The predicted octanol–water partition coefficient (Wildman–Crippen LogP) is 4.78. The molecule has 0 saturated carbocycles. The van der Waals surface area contributed by atoms with Crippen LogP contribution in [-0.4, -0.2) is 27.5 Å². The fraction of sp³-hybridized carbons (Fsp3) is 0.565. The lowest BCUT2D eigenvalue weighted by Gasteiger charge is -2.29. The van der Waals surface area contributed by atoms with E-state index in [2.05, 4.69) is 29.5 Å². The molecule has 0 spiro atoms. The third-order valence-electron chi connectivity index (χ3n) is 6.01. The predicted molar refractivity (Wildman–Crippen MR) is 114 cm³/mol. The zero-order valence-corrected chi connectivity index (χ0v) is 18.0. The molecule has 1 amide bonds. The van der Waals surface area contributed by atoms with Crippen molar-refractivity contribution in [1.29, 1.82) is 0 Å². The number of nitrogens with one attached hydrogen (secondary N) is 2. The van der Waals surface area contributed by atoms with Gasteiger partial charge in [0.25, 0.3) is 0 Å². The van der Waals surface area contributed by atoms with Gasteiger partial charge in [-0.1, -0.05) is 27.2 Å². The van der Waals surface area contributed by atoms with Crippen LogP contribution in [0.3, 0.4) is 0 Å². The highest BCUT2D eigenvalue weighted by molar-refractivity contribution is 5.94. The summed E-state index contributed by atoms with van der Waals surface area (Å²) in [5, 5.41) is 6.33. The molecule has 5 nitrogen and oxygen atoms in total. The van der Waals surface area contributed by atoms with Gasteiger partial charge < -0.3 is 15.2 Å². The average molecular weight is 419 g/mol.